The Hall–Kier alpha value is -1.25. The van der Waals surface area contributed by atoms with Crippen LogP contribution in [-0.2, 0) is 10.1 Å². The van der Waals surface area contributed by atoms with Crippen LogP contribution in [0.1, 0.15) is 0 Å². The Kier molecular flexibility index (Phi) is 3.33. The van der Waals surface area contributed by atoms with Crippen LogP contribution < -0.4 is 4.18 Å². The van der Waals surface area contributed by atoms with E-state index < -0.39 is 15.9 Å². The van der Waals surface area contributed by atoms with Gasteiger partial charge in [0.15, 0.2) is 5.75 Å². The number of benzene rings is 1. The molecule has 14 heavy (non-hydrogen) atoms. The van der Waals surface area contributed by atoms with Gasteiger partial charge in [-0.05, 0) is 12.1 Å². The van der Waals surface area contributed by atoms with E-state index in [1.165, 1.54) is 18.2 Å². The molecule has 0 fully saturated rings. The summed E-state index contributed by atoms with van der Waals surface area (Å²) in [7, 11) is -3.82. The molecule has 0 aliphatic rings. The van der Waals surface area contributed by atoms with Crippen molar-refractivity contribution in [1.29, 1.82) is 5.26 Å². The minimum Gasteiger partial charge on any atom is -0.382 e. The predicted molar refractivity (Wildman–Crippen MR) is 51.5 cm³/mol. The van der Waals surface area contributed by atoms with Gasteiger partial charge in [0.1, 0.15) is 5.75 Å². The molecule has 0 spiro atoms. The second-order valence-corrected chi connectivity index (χ2v) is 4.41. The molecule has 0 amide bonds. The fraction of sp³-hybridized carbons (Fsp3) is 0.125. The molecule has 0 heterocycles. The van der Waals surface area contributed by atoms with Gasteiger partial charge in [0, 0.05) is 11.1 Å². The average molecular weight is 232 g/mol. The molecule has 74 valence electrons. The zero-order chi connectivity index (χ0) is 10.6. The van der Waals surface area contributed by atoms with Crippen molar-refractivity contribution in [2.45, 2.75) is 0 Å². The highest BCUT2D eigenvalue weighted by Crippen LogP contribution is 2.18. The van der Waals surface area contributed by atoms with Crippen LogP contribution in [0.5, 0.6) is 5.75 Å². The van der Waals surface area contributed by atoms with Crippen LogP contribution in [0.2, 0.25) is 5.02 Å². The van der Waals surface area contributed by atoms with E-state index in [0.717, 1.165) is 0 Å². The summed E-state index contributed by atoms with van der Waals surface area (Å²) >= 11 is 5.61. The lowest BCUT2D eigenvalue weighted by Crippen LogP contribution is -2.12. The van der Waals surface area contributed by atoms with Crippen LogP contribution in [-0.4, -0.2) is 14.2 Å². The fourth-order valence-electron chi connectivity index (χ4n) is 0.774. The third-order valence-corrected chi connectivity index (χ3v) is 2.42. The second kappa shape index (κ2) is 4.31. The first-order valence-electron chi connectivity index (χ1n) is 3.58. The fourth-order valence-corrected chi connectivity index (χ4v) is 1.57. The SMILES string of the molecule is N#CCS(=O)(=O)Oc1cccc(Cl)c1. The lowest BCUT2D eigenvalue weighted by atomic mass is 10.3. The van der Waals surface area contributed by atoms with Crippen molar-refractivity contribution < 1.29 is 12.6 Å². The summed E-state index contributed by atoms with van der Waals surface area (Å²) in [6.45, 7) is 0. The highest BCUT2D eigenvalue weighted by Gasteiger charge is 2.11. The molecule has 0 aromatic heterocycles. The van der Waals surface area contributed by atoms with E-state index >= 15 is 0 Å². The van der Waals surface area contributed by atoms with Gasteiger partial charge in [-0.1, -0.05) is 17.7 Å². The Bertz CT molecular complexity index is 464. The van der Waals surface area contributed by atoms with Crippen molar-refractivity contribution in [2.75, 3.05) is 5.75 Å². The quantitative estimate of drug-likeness (QED) is 0.741. The molecule has 1 aromatic rings. The Morgan fingerprint density at radius 3 is 2.79 bits per heavy atom. The first kappa shape index (κ1) is 10.8. The van der Waals surface area contributed by atoms with Gasteiger partial charge in [0.05, 0.1) is 6.07 Å². The molecule has 1 aromatic carbocycles. The monoisotopic (exact) mass is 231 g/mol. The van der Waals surface area contributed by atoms with Gasteiger partial charge in [-0.3, -0.25) is 0 Å². The van der Waals surface area contributed by atoms with Gasteiger partial charge in [0.2, 0.25) is 0 Å². The van der Waals surface area contributed by atoms with E-state index in [1.54, 1.807) is 12.1 Å². The average Bonchev–Trinajstić information content (AvgIpc) is 2.02. The maximum absolute atomic E-state index is 11.0. The van der Waals surface area contributed by atoms with Crippen molar-refractivity contribution >= 4 is 21.7 Å². The minimum atomic E-state index is -3.82. The molecule has 0 radical (unpaired) electrons. The van der Waals surface area contributed by atoms with Gasteiger partial charge in [-0.2, -0.15) is 13.7 Å². The maximum Gasteiger partial charge on any atom is 0.322 e. The zero-order valence-corrected chi connectivity index (χ0v) is 8.55. The minimum absolute atomic E-state index is 0.104. The smallest absolute Gasteiger partial charge is 0.322 e. The van der Waals surface area contributed by atoms with E-state index in [-0.39, 0.29) is 5.75 Å². The van der Waals surface area contributed by atoms with Crippen LogP contribution in [0, 0.1) is 11.3 Å². The second-order valence-electron chi connectivity index (χ2n) is 2.40. The van der Waals surface area contributed by atoms with Crippen molar-refractivity contribution in [3.8, 4) is 11.8 Å². The first-order chi connectivity index (χ1) is 6.53. The normalized spacial score (nSPS) is 10.6. The number of hydrogen-bond donors (Lipinski definition) is 0. The Labute approximate surface area is 86.8 Å². The molecule has 6 heteroatoms. The molecule has 0 unspecified atom stereocenters. The van der Waals surface area contributed by atoms with E-state index in [1.807, 2.05) is 0 Å². The summed E-state index contributed by atoms with van der Waals surface area (Å²) in [5.74, 6) is -0.577. The number of halogens is 1. The lowest BCUT2D eigenvalue weighted by molar-refractivity contribution is 0.490. The van der Waals surface area contributed by atoms with Crippen LogP contribution in [0.15, 0.2) is 24.3 Å². The molecule has 0 bridgehead atoms. The van der Waals surface area contributed by atoms with Crippen molar-refractivity contribution in [3.05, 3.63) is 29.3 Å². The number of nitriles is 1. The first-order valence-corrected chi connectivity index (χ1v) is 5.54. The number of rotatable bonds is 3. The Morgan fingerprint density at radius 1 is 1.50 bits per heavy atom. The third-order valence-electron chi connectivity index (χ3n) is 1.26. The summed E-state index contributed by atoms with van der Waals surface area (Å²) in [6, 6.07) is 7.44. The molecule has 0 atom stereocenters. The summed E-state index contributed by atoms with van der Waals surface area (Å²) in [5.41, 5.74) is 0. The number of hydrogen-bond acceptors (Lipinski definition) is 4. The van der Waals surface area contributed by atoms with Crippen LogP contribution in [0.3, 0.4) is 0 Å². The standard InChI is InChI=1S/C8H6ClNO3S/c9-7-2-1-3-8(6-7)13-14(11,12)5-4-10/h1-3,6H,5H2. The number of nitrogens with zero attached hydrogens (tertiary/aromatic N) is 1. The molecule has 0 aliphatic heterocycles. The molecule has 0 saturated heterocycles. The van der Waals surface area contributed by atoms with Crippen molar-refractivity contribution in [2.24, 2.45) is 0 Å². The molecular formula is C8H6ClNO3S. The summed E-state index contributed by atoms with van der Waals surface area (Å²) in [6.07, 6.45) is 0. The lowest BCUT2D eigenvalue weighted by Gasteiger charge is -2.03. The molecule has 1 rings (SSSR count). The Morgan fingerprint density at radius 2 is 2.21 bits per heavy atom. The molecular weight excluding hydrogens is 226 g/mol. The van der Waals surface area contributed by atoms with Gasteiger partial charge >= 0.3 is 10.1 Å². The van der Waals surface area contributed by atoms with Crippen molar-refractivity contribution in [1.82, 2.24) is 0 Å². The van der Waals surface area contributed by atoms with E-state index in [0.29, 0.717) is 5.02 Å². The molecule has 0 aliphatic carbocycles. The van der Waals surface area contributed by atoms with Crippen LogP contribution >= 0.6 is 11.6 Å². The van der Waals surface area contributed by atoms with Gasteiger partial charge in [-0.25, -0.2) is 0 Å². The predicted octanol–water partition coefficient (Wildman–Crippen LogP) is 1.57. The summed E-state index contributed by atoms with van der Waals surface area (Å²) < 4.78 is 26.6. The van der Waals surface area contributed by atoms with E-state index in [2.05, 4.69) is 4.18 Å². The topological polar surface area (TPSA) is 67.2 Å². The van der Waals surface area contributed by atoms with Gasteiger partial charge < -0.3 is 4.18 Å². The Balaban J connectivity index is 2.85. The maximum atomic E-state index is 11.0. The highest BCUT2D eigenvalue weighted by atomic mass is 35.5. The molecule has 0 saturated carbocycles. The van der Waals surface area contributed by atoms with Crippen molar-refractivity contribution in [3.63, 3.8) is 0 Å². The van der Waals surface area contributed by atoms with E-state index in [9.17, 15) is 8.42 Å². The van der Waals surface area contributed by atoms with Gasteiger partial charge in [0.25, 0.3) is 0 Å². The highest BCUT2D eigenvalue weighted by molar-refractivity contribution is 7.87. The summed E-state index contributed by atoms with van der Waals surface area (Å²) in [5, 5.41) is 8.57. The van der Waals surface area contributed by atoms with Gasteiger partial charge in [-0.15, -0.1) is 0 Å². The third kappa shape index (κ3) is 3.24. The van der Waals surface area contributed by atoms with Crippen LogP contribution in [0.4, 0.5) is 0 Å². The largest absolute Gasteiger partial charge is 0.382 e. The molecule has 4 nitrogen and oxygen atoms in total. The molecule has 0 N–H and O–H groups in total. The summed E-state index contributed by atoms with van der Waals surface area (Å²) in [4.78, 5) is 0. The zero-order valence-electron chi connectivity index (χ0n) is 6.97. The van der Waals surface area contributed by atoms with Crippen LogP contribution in [0.25, 0.3) is 0 Å². The van der Waals surface area contributed by atoms with E-state index in [4.69, 9.17) is 16.9 Å².